The van der Waals surface area contributed by atoms with E-state index in [0.717, 1.165) is 69.1 Å². The molecule has 0 unspecified atom stereocenters. The number of para-hydroxylation sites is 4. The second kappa shape index (κ2) is 17.7. The fourth-order valence-electron chi connectivity index (χ4n) is 11.0. The maximum absolute atomic E-state index is 6.39. The zero-order chi connectivity index (χ0) is 47.3. The first-order chi connectivity index (χ1) is 35.2. The Hall–Kier alpha value is -9.18. The van der Waals surface area contributed by atoms with E-state index in [1.807, 2.05) is 18.2 Å². The standard InChI is InChI=1S/C68H48N2O/c1-46-19-15-16-42-71-68-54(46)31-18-32-57(68)50-23-17-24-53(43-50)69(64-33-12-11-30-62(64)63-44-51-22-5-6-25-55(51)58-26-7-8-27-59(58)63)52-39-36-48(37-40-52)56-41-38-49(47-20-3-2-4-21-47)45-67(56)70-65-34-13-9-28-60(65)61-29-10-14-35-66(61)70/h2-16,18-23,25-45H,1,17,24H2/b19-15-,42-16-. The fourth-order valence-corrected chi connectivity index (χ4v) is 11.0. The van der Waals surface area contributed by atoms with E-state index in [9.17, 15) is 0 Å². The number of hydrogen-bond donors (Lipinski definition) is 0. The highest BCUT2D eigenvalue weighted by Crippen LogP contribution is 2.47. The van der Waals surface area contributed by atoms with Gasteiger partial charge in [0.15, 0.2) is 0 Å². The molecule has 3 heteroatoms. The molecule has 0 radical (unpaired) electrons. The second-order valence-corrected chi connectivity index (χ2v) is 18.4. The molecule has 3 nitrogen and oxygen atoms in total. The number of hydrogen-bond acceptors (Lipinski definition) is 2. The zero-order valence-electron chi connectivity index (χ0n) is 39.2. The molecule has 71 heavy (non-hydrogen) atoms. The first-order valence-corrected chi connectivity index (χ1v) is 24.5. The van der Waals surface area contributed by atoms with Crippen LogP contribution in [0.25, 0.3) is 93.6 Å². The molecule has 1 aliphatic carbocycles. The molecule has 0 spiro atoms. The number of rotatable bonds is 8. The van der Waals surface area contributed by atoms with Gasteiger partial charge in [0.2, 0.25) is 0 Å². The van der Waals surface area contributed by atoms with Crippen LogP contribution < -0.4 is 9.64 Å². The molecular weight excluding hydrogens is 861 g/mol. The molecule has 0 amide bonds. The van der Waals surface area contributed by atoms with Crippen LogP contribution in [0.2, 0.25) is 0 Å². The lowest BCUT2D eigenvalue weighted by atomic mass is 9.90. The Morgan fingerprint density at radius 2 is 1.11 bits per heavy atom. The van der Waals surface area contributed by atoms with Gasteiger partial charge >= 0.3 is 0 Å². The maximum Gasteiger partial charge on any atom is 0.142 e. The van der Waals surface area contributed by atoms with Crippen molar-refractivity contribution in [3.05, 3.63) is 278 Å². The van der Waals surface area contributed by atoms with Crippen molar-refractivity contribution >= 4 is 65.9 Å². The summed E-state index contributed by atoms with van der Waals surface area (Å²) in [7, 11) is 0. The van der Waals surface area contributed by atoms with Crippen molar-refractivity contribution in [3.63, 3.8) is 0 Å². The molecule has 13 rings (SSSR count). The third-order valence-electron chi connectivity index (χ3n) is 14.3. The zero-order valence-corrected chi connectivity index (χ0v) is 39.2. The van der Waals surface area contributed by atoms with Gasteiger partial charge in [0.1, 0.15) is 5.75 Å². The van der Waals surface area contributed by atoms with Gasteiger partial charge in [-0.15, -0.1) is 0 Å². The smallest absolute Gasteiger partial charge is 0.142 e. The molecule has 2 aliphatic rings. The van der Waals surface area contributed by atoms with Crippen molar-refractivity contribution < 1.29 is 4.74 Å². The van der Waals surface area contributed by atoms with E-state index in [1.165, 1.54) is 71.3 Å². The van der Waals surface area contributed by atoms with Crippen LogP contribution in [-0.2, 0) is 0 Å². The molecular formula is C68H48N2O. The summed E-state index contributed by atoms with van der Waals surface area (Å²) >= 11 is 0. The van der Waals surface area contributed by atoms with Crippen molar-refractivity contribution in [1.29, 1.82) is 0 Å². The average Bonchev–Trinajstić information content (AvgIpc) is 3.77. The predicted molar refractivity (Wildman–Crippen MR) is 300 cm³/mol. The molecule has 336 valence electrons. The van der Waals surface area contributed by atoms with Crippen molar-refractivity contribution in [1.82, 2.24) is 4.57 Å². The Balaban J connectivity index is 1.00. The summed E-state index contributed by atoms with van der Waals surface area (Å²) in [5, 5.41) is 7.43. The average molecular weight is 909 g/mol. The van der Waals surface area contributed by atoms with Crippen molar-refractivity contribution in [2.24, 2.45) is 0 Å². The Morgan fingerprint density at radius 3 is 1.92 bits per heavy atom. The largest absolute Gasteiger partial charge is 0.464 e. The predicted octanol–water partition coefficient (Wildman–Crippen LogP) is 18.5. The molecule has 0 fully saturated rings. The minimum atomic E-state index is 0.818. The highest BCUT2D eigenvalue weighted by atomic mass is 16.5. The van der Waals surface area contributed by atoms with E-state index in [2.05, 4.69) is 247 Å². The number of benzene rings is 10. The van der Waals surface area contributed by atoms with E-state index in [4.69, 9.17) is 4.74 Å². The summed E-state index contributed by atoms with van der Waals surface area (Å²) in [4.78, 5) is 2.50. The highest BCUT2D eigenvalue weighted by molar-refractivity contribution is 6.15. The van der Waals surface area contributed by atoms with Crippen LogP contribution in [0.1, 0.15) is 24.0 Å². The fraction of sp³-hybridized carbons (Fsp3) is 0.0294. The first kappa shape index (κ1) is 42.0. The normalized spacial score (nSPS) is 14.3. The van der Waals surface area contributed by atoms with E-state index in [1.54, 1.807) is 6.26 Å². The minimum Gasteiger partial charge on any atom is -0.464 e. The minimum absolute atomic E-state index is 0.818. The third-order valence-corrected chi connectivity index (χ3v) is 14.3. The quantitative estimate of drug-likeness (QED) is 0.141. The van der Waals surface area contributed by atoms with Gasteiger partial charge in [0.25, 0.3) is 0 Å². The van der Waals surface area contributed by atoms with E-state index < -0.39 is 0 Å². The lowest BCUT2D eigenvalue weighted by Crippen LogP contribution is -2.19. The molecule has 10 aromatic carbocycles. The number of allylic oxidation sites excluding steroid dienone is 8. The van der Waals surface area contributed by atoms with Crippen LogP contribution in [0.15, 0.2) is 267 Å². The maximum atomic E-state index is 6.39. The van der Waals surface area contributed by atoms with Gasteiger partial charge in [-0.3, -0.25) is 0 Å². The Morgan fingerprint density at radius 1 is 0.465 bits per heavy atom. The Bertz CT molecular complexity index is 3980. The van der Waals surface area contributed by atoms with Crippen molar-refractivity contribution in [2.45, 2.75) is 12.8 Å². The van der Waals surface area contributed by atoms with Gasteiger partial charge in [-0.1, -0.05) is 201 Å². The molecule has 0 saturated carbocycles. The SMILES string of the molecule is C=C1/C=C\C=C/Oc2c1cccc2C1=CCCC(N(c2ccc(-c3ccc(-c4ccccc4)cc3-n3c4ccccc4c4ccccc43)cc2)c2ccccc2-c2cc3ccccc3c3ccccc23)=C1. The number of aromatic nitrogens is 1. The van der Waals surface area contributed by atoms with Gasteiger partial charge < -0.3 is 14.2 Å². The van der Waals surface area contributed by atoms with Crippen molar-refractivity contribution in [3.8, 4) is 44.8 Å². The third kappa shape index (κ3) is 7.38. The van der Waals surface area contributed by atoms with Crippen molar-refractivity contribution in [2.75, 3.05) is 4.90 Å². The molecule has 0 atom stereocenters. The van der Waals surface area contributed by atoms with Crippen LogP contribution in [0, 0.1) is 0 Å². The summed E-state index contributed by atoms with van der Waals surface area (Å²) in [5.74, 6) is 0.818. The van der Waals surface area contributed by atoms with Gasteiger partial charge in [-0.2, -0.15) is 0 Å². The lowest BCUT2D eigenvalue weighted by molar-refractivity contribution is 0.478. The lowest BCUT2D eigenvalue weighted by Gasteiger charge is -2.32. The number of fused-ring (bicyclic) bond motifs is 7. The van der Waals surface area contributed by atoms with E-state index in [0.29, 0.717) is 0 Å². The molecule has 0 bridgehead atoms. The molecule has 11 aromatic rings. The second-order valence-electron chi connectivity index (χ2n) is 18.4. The van der Waals surface area contributed by atoms with Crippen LogP contribution in [0.4, 0.5) is 11.4 Å². The Labute approximate surface area is 414 Å². The van der Waals surface area contributed by atoms with Crippen LogP contribution >= 0.6 is 0 Å². The van der Waals surface area contributed by atoms with E-state index in [-0.39, 0.29) is 0 Å². The summed E-state index contributed by atoms with van der Waals surface area (Å²) in [5.41, 5.74) is 18.0. The van der Waals surface area contributed by atoms with Crippen LogP contribution in [0.3, 0.4) is 0 Å². The summed E-state index contributed by atoms with van der Waals surface area (Å²) in [6.07, 6.45) is 14.1. The van der Waals surface area contributed by atoms with Crippen LogP contribution in [0.5, 0.6) is 5.75 Å². The molecule has 0 N–H and O–H groups in total. The molecule has 1 aliphatic heterocycles. The van der Waals surface area contributed by atoms with Gasteiger partial charge in [-0.25, -0.2) is 0 Å². The molecule has 1 aromatic heterocycles. The summed E-state index contributed by atoms with van der Waals surface area (Å²) in [6.45, 7) is 4.39. The van der Waals surface area contributed by atoms with Gasteiger partial charge in [-0.05, 0) is 122 Å². The number of ether oxygens (including phenoxy) is 1. The first-order valence-electron chi connectivity index (χ1n) is 24.5. The van der Waals surface area contributed by atoms with Crippen LogP contribution in [-0.4, -0.2) is 4.57 Å². The molecule has 2 heterocycles. The number of nitrogens with zero attached hydrogens (tertiary/aromatic N) is 2. The monoisotopic (exact) mass is 908 g/mol. The Kier molecular flexibility index (Phi) is 10.5. The highest BCUT2D eigenvalue weighted by Gasteiger charge is 2.25. The van der Waals surface area contributed by atoms with E-state index >= 15 is 0 Å². The van der Waals surface area contributed by atoms with Gasteiger partial charge in [0.05, 0.1) is 28.7 Å². The number of anilines is 2. The molecule has 0 saturated heterocycles. The van der Waals surface area contributed by atoms with Gasteiger partial charge in [0, 0.05) is 44.4 Å². The topological polar surface area (TPSA) is 17.4 Å². The summed E-state index contributed by atoms with van der Waals surface area (Å²) < 4.78 is 8.85. The summed E-state index contributed by atoms with van der Waals surface area (Å²) in [6, 6.07) is 79.7.